The zero-order valence-corrected chi connectivity index (χ0v) is 16.8. The summed E-state index contributed by atoms with van der Waals surface area (Å²) >= 11 is 0. The SMILES string of the molecule is Cl.c1ccc2cc3ccccc3cc2c1.c1ccc2cc3ccccc3cc2c1. The number of fused-ring (bicyclic) bond motifs is 4. The van der Waals surface area contributed by atoms with Crippen LogP contribution in [0.5, 0.6) is 0 Å². The lowest BCUT2D eigenvalue weighted by atomic mass is 10.0. The largest absolute Gasteiger partial charge is 0.147 e. The molecule has 0 aliphatic rings. The van der Waals surface area contributed by atoms with Crippen molar-refractivity contribution in [1.82, 2.24) is 0 Å². The number of hydrogen-bond acceptors (Lipinski definition) is 0. The van der Waals surface area contributed by atoms with Crippen LogP contribution in [-0.4, -0.2) is 0 Å². The normalized spacial score (nSPS) is 10.5. The lowest BCUT2D eigenvalue weighted by Crippen LogP contribution is -1.74. The van der Waals surface area contributed by atoms with Gasteiger partial charge in [-0.3, -0.25) is 0 Å². The summed E-state index contributed by atoms with van der Waals surface area (Å²) in [6.45, 7) is 0. The summed E-state index contributed by atoms with van der Waals surface area (Å²) in [5, 5.41) is 10.5. The Morgan fingerprint density at radius 2 is 0.379 bits per heavy atom. The fraction of sp³-hybridized carbons (Fsp3) is 0. The minimum Gasteiger partial charge on any atom is -0.147 e. The van der Waals surface area contributed by atoms with Crippen molar-refractivity contribution in [2.45, 2.75) is 0 Å². The van der Waals surface area contributed by atoms with Crippen LogP contribution in [0.4, 0.5) is 0 Å². The molecule has 0 radical (unpaired) electrons. The standard InChI is InChI=1S/2C14H10.ClH/c2*1-2-6-12-10-14-8-4-3-7-13(14)9-11(12)5-1;/h2*1-10H;1H. The van der Waals surface area contributed by atoms with E-state index in [4.69, 9.17) is 0 Å². The molecule has 0 aromatic heterocycles. The van der Waals surface area contributed by atoms with Crippen LogP contribution in [0, 0.1) is 0 Å². The van der Waals surface area contributed by atoms with Crippen molar-refractivity contribution >= 4 is 55.5 Å². The highest BCUT2D eigenvalue weighted by Gasteiger charge is 1.96. The van der Waals surface area contributed by atoms with Crippen LogP contribution >= 0.6 is 12.4 Å². The van der Waals surface area contributed by atoms with Gasteiger partial charge in [0.1, 0.15) is 0 Å². The molecule has 6 rings (SSSR count). The van der Waals surface area contributed by atoms with Crippen molar-refractivity contribution in [2.75, 3.05) is 0 Å². The second kappa shape index (κ2) is 8.34. The van der Waals surface area contributed by atoms with Gasteiger partial charge < -0.3 is 0 Å². The van der Waals surface area contributed by atoms with E-state index in [1.165, 1.54) is 43.1 Å². The van der Waals surface area contributed by atoms with Crippen molar-refractivity contribution in [1.29, 1.82) is 0 Å². The molecule has 0 N–H and O–H groups in total. The van der Waals surface area contributed by atoms with Crippen LogP contribution < -0.4 is 0 Å². The van der Waals surface area contributed by atoms with E-state index in [1.807, 2.05) is 0 Å². The monoisotopic (exact) mass is 392 g/mol. The summed E-state index contributed by atoms with van der Waals surface area (Å²) < 4.78 is 0. The molecule has 6 aromatic carbocycles. The minimum atomic E-state index is 0. The highest BCUT2D eigenvalue weighted by molar-refractivity contribution is 5.99. The summed E-state index contributed by atoms with van der Waals surface area (Å²) in [4.78, 5) is 0. The van der Waals surface area contributed by atoms with Gasteiger partial charge in [0, 0.05) is 0 Å². The van der Waals surface area contributed by atoms with Gasteiger partial charge in [-0.25, -0.2) is 0 Å². The van der Waals surface area contributed by atoms with E-state index in [0.29, 0.717) is 0 Å². The van der Waals surface area contributed by atoms with Gasteiger partial charge in [-0.1, -0.05) is 97.1 Å². The molecule has 0 heterocycles. The molecule has 0 spiro atoms. The Morgan fingerprint density at radius 3 is 0.517 bits per heavy atom. The Labute approximate surface area is 176 Å². The molecule has 0 atom stereocenters. The molecule has 6 aromatic rings. The van der Waals surface area contributed by atoms with Crippen molar-refractivity contribution in [3.8, 4) is 0 Å². The van der Waals surface area contributed by atoms with E-state index in [2.05, 4.69) is 121 Å². The van der Waals surface area contributed by atoms with Gasteiger partial charge >= 0.3 is 0 Å². The Kier molecular flexibility index (Phi) is 5.46. The predicted molar refractivity (Wildman–Crippen MR) is 130 cm³/mol. The van der Waals surface area contributed by atoms with Gasteiger partial charge in [-0.2, -0.15) is 0 Å². The van der Waals surface area contributed by atoms with Crippen molar-refractivity contribution in [2.24, 2.45) is 0 Å². The van der Waals surface area contributed by atoms with Gasteiger partial charge in [0.2, 0.25) is 0 Å². The maximum Gasteiger partial charge on any atom is -0.0178 e. The molecule has 0 amide bonds. The summed E-state index contributed by atoms with van der Waals surface area (Å²) in [6.07, 6.45) is 0. The van der Waals surface area contributed by atoms with Crippen LogP contribution in [0.15, 0.2) is 121 Å². The second-order valence-corrected chi connectivity index (χ2v) is 7.09. The van der Waals surface area contributed by atoms with E-state index in [9.17, 15) is 0 Å². The number of hydrogen-bond donors (Lipinski definition) is 0. The average molecular weight is 393 g/mol. The molecule has 0 aliphatic carbocycles. The first-order valence-corrected chi connectivity index (χ1v) is 9.62. The molecule has 1 heteroatoms. The summed E-state index contributed by atoms with van der Waals surface area (Å²) in [5.74, 6) is 0. The van der Waals surface area contributed by atoms with Gasteiger partial charge in [0.05, 0.1) is 0 Å². The van der Waals surface area contributed by atoms with E-state index >= 15 is 0 Å². The first-order chi connectivity index (χ1) is 13.9. The molecule has 0 aliphatic heterocycles. The zero-order valence-electron chi connectivity index (χ0n) is 16.0. The maximum atomic E-state index is 2.24. The zero-order chi connectivity index (χ0) is 18.8. The second-order valence-electron chi connectivity index (χ2n) is 7.09. The Balaban J connectivity index is 0.000000137. The third-order valence-corrected chi connectivity index (χ3v) is 5.23. The highest BCUT2D eigenvalue weighted by atomic mass is 35.5. The van der Waals surface area contributed by atoms with Crippen LogP contribution in [-0.2, 0) is 0 Å². The van der Waals surface area contributed by atoms with Gasteiger partial charge in [-0.15, -0.1) is 12.4 Å². The smallest absolute Gasteiger partial charge is 0.0178 e. The third-order valence-electron chi connectivity index (χ3n) is 5.23. The Bertz CT molecular complexity index is 1090. The minimum absolute atomic E-state index is 0. The van der Waals surface area contributed by atoms with Crippen LogP contribution in [0.2, 0.25) is 0 Å². The highest BCUT2D eigenvalue weighted by Crippen LogP contribution is 2.23. The van der Waals surface area contributed by atoms with E-state index < -0.39 is 0 Å². The third kappa shape index (κ3) is 3.94. The predicted octanol–water partition coefficient (Wildman–Crippen LogP) is 8.41. The fourth-order valence-corrected chi connectivity index (χ4v) is 3.77. The summed E-state index contributed by atoms with van der Waals surface area (Å²) in [7, 11) is 0. The van der Waals surface area contributed by atoms with Crippen LogP contribution in [0.25, 0.3) is 43.1 Å². The van der Waals surface area contributed by atoms with Crippen molar-refractivity contribution in [3.63, 3.8) is 0 Å². The quantitative estimate of drug-likeness (QED) is 0.227. The maximum absolute atomic E-state index is 2.24. The number of halogens is 1. The first kappa shape index (κ1) is 19.0. The van der Waals surface area contributed by atoms with E-state index in [-0.39, 0.29) is 12.4 Å². The topological polar surface area (TPSA) is 0 Å². The molecule has 0 saturated carbocycles. The molecule has 140 valence electrons. The summed E-state index contributed by atoms with van der Waals surface area (Å²) in [5.41, 5.74) is 0. The fourth-order valence-electron chi connectivity index (χ4n) is 3.77. The molecular weight excluding hydrogens is 372 g/mol. The molecule has 0 saturated heterocycles. The first-order valence-electron chi connectivity index (χ1n) is 9.62. The number of rotatable bonds is 0. The van der Waals surface area contributed by atoms with Gasteiger partial charge in [0.15, 0.2) is 0 Å². The molecule has 0 nitrogen and oxygen atoms in total. The van der Waals surface area contributed by atoms with Crippen LogP contribution in [0.1, 0.15) is 0 Å². The molecule has 0 bridgehead atoms. The van der Waals surface area contributed by atoms with Gasteiger partial charge in [0.25, 0.3) is 0 Å². The molecule has 0 fully saturated rings. The van der Waals surface area contributed by atoms with E-state index in [1.54, 1.807) is 0 Å². The average Bonchev–Trinajstić information content (AvgIpc) is 2.76. The Hall–Kier alpha value is -3.35. The molecular formula is C28H21Cl. The van der Waals surface area contributed by atoms with Crippen LogP contribution in [0.3, 0.4) is 0 Å². The van der Waals surface area contributed by atoms with E-state index in [0.717, 1.165) is 0 Å². The number of benzene rings is 6. The lowest BCUT2D eigenvalue weighted by Gasteiger charge is -2.00. The molecule has 29 heavy (non-hydrogen) atoms. The lowest BCUT2D eigenvalue weighted by molar-refractivity contribution is 1.76. The molecule has 0 unspecified atom stereocenters. The van der Waals surface area contributed by atoms with Gasteiger partial charge in [-0.05, 0) is 67.4 Å². The van der Waals surface area contributed by atoms with Crippen molar-refractivity contribution in [3.05, 3.63) is 121 Å². The van der Waals surface area contributed by atoms with Crippen molar-refractivity contribution < 1.29 is 0 Å². The summed E-state index contributed by atoms with van der Waals surface area (Å²) in [6, 6.07) is 42.8. The Morgan fingerprint density at radius 1 is 0.241 bits per heavy atom.